The molecule has 2 nitrogen and oxygen atoms in total. The molecule has 0 radical (unpaired) electrons. The van der Waals surface area contributed by atoms with Crippen LogP contribution in [0.3, 0.4) is 0 Å². The Balaban J connectivity index is 3.37. The van der Waals surface area contributed by atoms with Gasteiger partial charge in [-0.3, -0.25) is 0 Å². The molecule has 0 aliphatic carbocycles. The van der Waals surface area contributed by atoms with Gasteiger partial charge in [-0.1, -0.05) is 0 Å². The van der Waals surface area contributed by atoms with Crippen molar-refractivity contribution in [2.45, 2.75) is 13.8 Å². The van der Waals surface area contributed by atoms with Gasteiger partial charge in [0.2, 0.25) is 6.61 Å². The topological polar surface area (TPSA) is 20.5 Å². The molecular weight excluding hydrogens is 116 g/mol. The zero-order chi connectivity index (χ0) is 7.11. The molecule has 0 aromatic heterocycles. The van der Waals surface area contributed by atoms with Crippen LogP contribution in [0.1, 0.15) is 13.8 Å². The Hall–Kier alpha value is -0.790. The molecule has 0 amide bonds. The first-order valence-electron chi connectivity index (χ1n) is 3.00. The van der Waals surface area contributed by atoms with Crippen LogP contribution in [0.5, 0.6) is 0 Å². The van der Waals surface area contributed by atoms with Crippen molar-refractivity contribution in [3.05, 3.63) is 12.3 Å². The number of hydrogen-bond acceptors (Lipinski definition) is 1. The standard InChI is InChI=1S/C7H12O2/c1-4-8-6-7(3)9-5-2/h3-5H2,1-2H3. The molecule has 2 heteroatoms. The summed E-state index contributed by atoms with van der Waals surface area (Å²) in [5, 5.41) is 0. The minimum atomic E-state index is 0.458. The van der Waals surface area contributed by atoms with Crippen molar-refractivity contribution in [2.75, 3.05) is 13.2 Å². The maximum Gasteiger partial charge on any atom is 0.260 e. The molecule has 0 heterocycles. The van der Waals surface area contributed by atoms with Gasteiger partial charge >= 0.3 is 0 Å². The van der Waals surface area contributed by atoms with Crippen LogP contribution in [0.4, 0.5) is 0 Å². The lowest BCUT2D eigenvalue weighted by Gasteiger charge is -1.99. The highest BCUT2D eigenvalue weighted by Crippen LogP contribution is 1.85. The maximum absolute atomic E-state index is 4.91. The largest absolute Gasteiger partial charge is 0.524 e. The van der Waals surface area contributed by atoms with Crippen molar-refractivity contribution in [2.24, 2.45) is 0 Å². The van der Waals surface area contributed by atoms with Crippen LogP contribution >= 0.6 is 0 Å². The van der Waals surface area contributed by atoms with Crippen LogP contribution in [0.15, 0.2) is 12.3 Å². The summed E-state index contributed by atoms with van der Waals surface area (Å²) >= 11 is 0. The molecular formula is C7H12O2. The predicted octanol–water partition coefficient (Wildman–Crippen LogP) is 1.20. The second kappa shape index (κ2) is 5.35. The van der Waals surface area contributed by atoms with Gasteiger partial charge in [-0.05, 0) is 6.92 Å². The number of allylic oxidation sites excluding steroid dienone is 1. The zero-order valence-corrected chi connectivity index (χ0v) is 5.94. The Morgan fingerprint density at radius 1 is 1.67 bits per heavy atom. The van der Waals surface area contributed by atoms with Crippen molar-refractivity contribution in [1.82, 2.24) is 0 Å². The van der Waals surface area contributed by atoms with E-state index in [9.17, 15) is 0 Å². The highest BCUT2D eigenvalue weighted by molar-refractivity contribution is 5.70. The number of carbonyl (C=O) groups excluding carboxylic acids is 1. The lowest BCUT2D eigenvalue weighted by Crippen LogP contribution is -1.92. The average Bonchev–Trinajstić information content (AvgIpc) is 1.85. The number of rotatable bonds is 4. The van der Waals surface area contributed by atoms with Gasteiger partial charge in [0, 0.05) is 12.7 Å². The van der Waals surface area contributed by atoms with Crippen molar-refractivity contribution in [1.29, 1.82) is 0 Å². The van der Waals surface area contributed by atoms with E-state index < -0.39 is 0 Å². The third-order valence-electron chi connectivity index (χ3n) is 0.649. The summed E-state index contributed by atoms with van der Waals surface area (Å²) in [7, 11) is 0. The van der Waals surface area contributed by atoms with Crippen molar-refractivity contribution < 1.29 is 9.16 Å². The molecule has 0 saturated carbocycles. The quantitative estimate of drug-likeness (QED) is 0.241. The van der Waals surface area contributed by atoms with E-state index in [1.807, 2.05) is 13.8 Å². The summed E-state index contributed by atoms with van der Waals surface area (Å²) in [5.74, 6) is 0.458. The van der Waals surface area contributed by atoms with Crippen LogP contribution in [0.2, 0.25) is 0 Å². The molecule has 0 unspecified atom stereocenters. The second-order valence-electron chi connectivity index (χ2n) is 1.39. The molecule has 0 aromatic rings. The van der Waals surface area contributed by atoms with E-state index in [0.717, 1.165) is 0 Å². The van der Waals surface area contributed by atoms with E-state index >= 15 is 0 Å². The first-order chi connectivity index (χ1) is 4.31. The molecule has 0 aromatic carbocycles. The fourth-order valence-electron chi connectivity index (χ4n) is 0.356. The van der Waals surface area contributed by atoms with E-state index in [1.165, 1.54) is 0 Å². The lowest BCUT2D eigenvalue weighted by molar-refractivity contribution is 0.115. The first-order valence-corrected chi connectivity index (χ1v) is 3.00. The van der Waals surface area contributed by atoms with Crippen molar-refractivity contribution >= 4 is 6.29 Å². The highest BCUT2D eigenvalue weighted by Gasteiger charge is 1.83. The Labute approximate surface area is 55.8 Å². The molecule has 0 saturated heterocycles. The lowest BCUT2D eigenvalue weighted by atomic mass is 10.6. The van der Waals surface area contributed by atoms with Gasteiger partial charge in [0.1, 0.15) is 0 Å². The molecule has 0 N–H and O–H groups in total. The van der Waals surface area contributed by atoms with Gasteiger partial charge < -0.3 is 9.16 Å². The van der Waals surface area contributed by atoms with Crippen LogP contribution in [0, 0.1) is 0 Å². The summed E-state index contributed by atoms with van der Waals surface area (Å²) in [5.41, 5.74) is 0. The molecule has 0 aliphatic rings. The first kappa shape index (κ1) is 8.21. The van der Waals surface area contributed by atoms with E-state index in [-0.39, 0.29) is 0 Å². The normalized spacial score (nSPS) is 10.0. The fourth-order valence-corrected chi connectivity index (χ4v) is 0.356. The number of hydrogen-bond donors (Lipinski definition) is 0. The van der Waals surface area contributed by atoms with Gasteiger partial charge in [-0.2, -0.15) is 6.58 Å². The fraction of sp³-hybridized carbons (Fsp3) is 0.571. The van der Waals surface area contributed by atoms with Crippen molar-refractivity contribution in [3.63, 3.8) is 0 Å². The zero-order valence-electron chi connectivity index (χ0n) is 5.94. The van der Waals surface area contributed by atoms with Crippen LogP contribution in [-0.2, 0) is 9.16 Å². The van der Waals surface area contributed by atoms with Gasteiger partial charge in [-0.25, -0.2) is 0 Å². The Morgan fingerprint density at radius 2 is 2.33 bits per heavy atom. The molecule has 0 aliphatic heterocycles. The van der Waals surface area contributed by atoms with Gasteiger partial charge in [0.15, 0.2) is 0 Å². The number of ether oxygens (including phenoxy) is 1. The molecule has 52 valence electrons. The molecule has 0 spiro atoms. The summed E-state index contributed by atoms with van der Waals surface area (Å²) in [6.45, 7) is 8.51. The van der Waals surface area contributed by atoms with Crippen LogP contribution < -0.4 is 0 Å². The molecule has 0 rings (SSSR count). The third kappa shape index (κ3) is 5.07. The second-order valence-corrected chi connectivity index (χ2v) is 1.39. The highest BCUT2D eigenvalue weighted by atomic mass is 16.5. The Morgan fingerprint density at radius 3 is 2.78 bits per heavy atom. The minimum absolute atomic E-state index is 0.458. The molecule has 0 bridgehead atoms. The Kier molecular flexibility index (Phi) is 4.88. The van der Waals surface area contributed by atoms with Crippen molar-refractivity contribution in [3.8, 4) is 0 Å². The predicted molar refractivity (Wildman–Crippen MR) is 37.0 cm³/mol. The molecule has 9 heavy (non-hydrogen) atoms. The summed E-state index contributed by atoms with van der Waals surface area (Å²) < 4.78 is 9.69. The molecule has 0 fully saturated rings. The molecule has 0 atom stereocenters. The van der Waals surface area contributed by atoms with Crippen LogP contribution in [-0.4, -0.2) is 19.5 Å². The van der Waals surface area contributed by atoms with Gasteiger partial charge in [0.05, 0.1) is 6.61 Å². The monoisotopic (exact) mass is 128 g/mol. The van der Waals surface area contributed by atoms with E-state index in [4.69, 9.17) is 9.16 Å². The Bertz CT molecular complexity index is 105. The maximum atomic E-state index is 4.91. The third-order valence-corrected chi connectivity index (χ3v) is 0.649. The summed E-state index contributed by atoms with van der Waals surface area (Å²) in [6.07, 6.45) is 2.52. The van der Waals surface area contributed by atoms with E-state index in [2.05, 4.69) is 12.9 Å². The smallest absolute Gasteiger partial charge is 0.260 e. The SMILES string of the molecule is C=C([C-]=[O+]CC)OCC. The average molecular weight is 128 g/mol. The van der Waals surface area contributed by atoms with E-state index in [0.29, 0.717) is 19.0 Å². The van der Waals surface area contributed by atoms with Gasteiger partial charge in [-0.15, -0.1) is 0 Å². The van der Waals surface area contributed by atoms with E-state index in [1.54, 1.807) is 0 Å². The minimum Gasteiger partial charge on any atom is -0.524 e. The summed E-state index contributed by atoms with van der Waals surface area (Å²) in [4.78, 5) is 0. The van der Waals surface area contributed by atoms with Crippen LogP contribution in [0.25, 0.3) is 0 Å². The van der Waals surface area contributed by atoms with Gasteiger partial charge in [0.25, 0.3) is 6.29 Å². The summed E-state index contributed by atoms with van der Waals surface area (Å²) in [6, 6.07) is 0.